The quantitative estimate of drug-likeness (QED) is 0.649. The molecule has 22 heavy (non-hydrogen) atoms. The number of carbonyl (C=O) groups is 2. The summed E-state index contributed by atoms with van der Waals surface area (Å²) in [6, 6.07) is 7.20. The smallest absolute Gasteiger partial charge is 0.313 e. The van der Waals surface area contributed by atoms with Gasteiger partial charge in [-0.3, -0.25) is 9.59 Å². The van der Waals surface area contributed by atoms with Crippen LogP contribution in [0.3, 0.4) is 0 Å². The van der Waals surface area contributed by atoms with Gasteiger partial charge in [0.05, 0.1) is 6.10 Å². The van der Waals surface area contributed by atoms with Gasteiger partial charge >= 0.3 is 11.8 Å². The lowest BCUT2D eigenvalue weighted by Gasteiger charge is -2.25. The van der Waals surface area contributed by atoms with E-state index >= 15 is 0 Å². The molecule has 6 nitrogen and oxygen atoms in total. The molecule has 0 bridgehead atoms. The van der Waals surface area contributed by atoms with Crippen molar-refractivity contribution in [3.05, 3.63) is 30.5 Å². The van der Waals surface area contributed by atoms with E-state index in [9.17, 15) is 14.7 Å². The van der Waals surface area contributed by atoms with Gasteiger partial charge in [-0.25, -0.2) is 0 Å². The minimum Gasteiger partial charge on any atom is -0.391 e. The van der Waals surface area contributed by atoms with E-state index in [1.807, 2.05) is 32.9 Å². The number of nitrogens with one attached hydrogen (secondary N) is 3. The minimum absolute atomic E-state index is 0.0343. The van der Waals surface area contributed by atoms with Crippen molar-refractivity contribution in [3.63, 3.8) is 0 Å². The summed E-state index contributed by atoms with van der Waals surface area (Å²) in [7, 11) is 0. The predicted octanol–water partition coefficient (Wildman–Crippen LogP) is 1.63. The summed E-state index contributed by atoms with van der Waals surface area (Å²) in [5.41, 5.74) is 1.14. The molecule has 0 fully saturated rings. The number of rotatable bonds is 3. The van der Waals surface area contributed by atoms with Crippen LogP contribution in [0.2, 0.25) is 0 Å². The van der Waals surface area contributed by atoms with Crippen LogP contribution in [0.4, 0.5) is 5.69 Å². The van der Waals surface area contributed by atoms with Crippen molar-refractivity contribution in [3.8, 4) is 0 Å². The molecule has 1 heterocycles. The number of aromatic nitrogens is 1. The first-order valence-electron chi connectivity index (χ1n) is 7.12. The Morgan fingerprint density at radius 3 is 2.64 bits per heavy atom. The summed E-state index contributed by atoms with van der Waals surface area (Å²) in [6.45, 7) is 5.61. The lowest BCUT2D eigenvalue weighted by atomic mass is 9.89. The van der Waals surface area contributed by atoms with Crippen LogP contribution in [0.15, 0.2) is 30.5 Å². The zero-order valence-corrected chi connectivity index (χ0v) is 12.9. The number of H-pyrrole nitrogens is 1. The van der Waals surface area contributed by atoms with Crippen LogP contribution in [0.1, 0.15) is 20.8 Å². The summed E-state index contributed by atoms with van der Waals surface area (Å²) < 4.78 is 0. The van der Waals surface area contributed by atoms with E-state index in [1.54, 1.807) is 18.3 Å². The lowest BCUT2D eigenvalue weighted by Crippen LogP contribution is -2.43. The van der Waals surface area contributed by atoms with E-state index < -0.39 is 17.9 Å². The van der Waals surface area contributed by atoms with Crippen molar-refractivity contribution in [1.82, 2.24) is 10.3 Å². The molecule has 2 aromatic rings. The molecule has 0 saturated heterocycles. The second-order valence-corrected chi connectivity index (χ2v) is 6.33. The summed E-state index contributed by atoms with van der Waals surface area (Å²) in [5.74, 6) is -1.52. The average molecular weight is 303 g/mol. The van der Waals surface area contributed by atoms with Gasteiger partial charge in [0.25, 0.3) is 0 Å². The summed E-state index contributed by atoms with van der Waals surface area (Å²) >= 11 is 0. The number of hydrogen-bond acceptors (Lipinski definition) is 3. The molecule has 1 aromatic heterocycles. The molecule has 1 unspecified atom stereocenters. The zero-order valence-electron chi connectivity index (χ0n) is 12.9. The number of fused-ring (bicyclic) bond motifs is 1. The van der Waals surface area contributed by atoms with Crippen LogP contribution in [0.25, 0.3) is 10.9 Å². The third-order valence-corrected chi connectivity index (χ3v) is 3.47. The number of aliphatic hydroxyl groups is 1. The van der Waals surface area contributed by atoms with Crippen LogP contribution in [0.5, 0.6) is 0 Å². The first-order valence-corrected chi connectivity index (χ1v) is 7.12. The van der Waals surface area contributed by atoms with Gasteiger partial charge in [0.15, 0.2) is 0 Å². The van der Waals surface area contributed by atoms with E-state index in [0.29, 0.717) is 5.69 Å². The van der Waals surface area contributed by atoms with Gasteiger partial charge in [0, 0.05) is 29.3 Å². The Morgan fingerprint density at radius 1 is 1.23 bits per heavy atom. The minimum atomic E-state index is -0.766. The number of hydrogen-bond donors (Lipinski definition) is 4. The molecular formula is C16H21N3O3. The molecule has 0 aliphatic rings. The van der Waals surface area contributed by atoms with Gasteiger partial charge < -0.3 is 20.7 Å². The summed E-state index contributed by atoms with van der Waals surface area (Å²) in [5, 5.41) is 15.8. The van der Waals surface area contributed by atoms with Crippen LogP contribution in [-0.4, -0.2) is 34.6 Å². The van der Waals surface area contributed by atoms with Crippen molar-refractivity contribution >= 4 is 28.4 Å². The highest BCUT2D eigenvalue weighted by atomic mass is 16.3. The molecule has 2 amide bonds. The maximum Gasteiger partial charge on any atom is 0.313 e. The van der Waals surface area contributed by atoms with Gasteiger partial charge in [-0.2, -0.15) is 0 Å². The molecule has 1 atom stereocenters. The summed E-state index contributed by atoms with van der Waals surface area (Å²) in [4.78, 5) is 26.6. The standard InChI is InChI=1S/C16H21N3O3/c1-16(2,3)13(20)9-18-14(21)15(22)19-11-4-5-12-10(8-11)6-7-17-12/h4-8,13,17,20H,9H2,1-3H3,(H,18,21)(H,19,22). The third kappa shape index (κ3) is 3.85. The van der Waals surface area contributed by atoms with Crippen molar-refractivity contribution in [2.45, 2.75) is 26.9 Å². The predicted molar refractivity (Wildman–Crippen MR) is 85.4 cm³/mol. The van der Waals surface area contributed by atoms with Crippen LogP contribution in [0, 0.1) is 5.41 Å². The molecule has 0 spiro atoms. The van der Waals surface area contributed by atoms with Gasteiger partial charge in [-0.05, 0) is 29.7 Å². The molecule has 0 saturated carbocycles. The molecule has 1 aromatic carbocycles. The van der Waals surface area contributed by atoms with Crippen molar-refractivity contribution in [2.75, 3.05) is 11.9 Å². The highest BCUT2D eigenvalue weighted by molar-refractivity contribution is 6.39. The maximum absolute atomic E-state index is 11.8. The largest absolute Gasteiger partial charge is 0.391 e. The topological polar surface area (TPSA) is 94.2 Å². The normalized spacial score (nSPS) is 12.9. The van der Waals surface area contributed by atoms with E-state index in [1.165, 1.54) is 0 Å². The van der Waals surface area contributed by atoms with Crippen molar-refractivity contribution < 1.29 is 14.7 Å². The molecule has 0 radical (unpaired) electrons. The van der Waals surface area contributed by atoms with E-state index in [-0.39, 0.29) is 12.0 Å². The number of carbonyl (C=O) groups excluding carboxylic acids is 2. The monoisotopic (exact) mass is 303 g/mol. The average Bonchev–Trinajstić information content (AvgIpc) is 2.90. The van der Waals surface area contributed by atoms with Gasteiger partial charge in [0.2, 0.25) is 0 Å². The number of anilines is 1. The number of amides is 2. The van der Waals surface area contributed by atoms with Crippen LogP contribution in [-0.2, 0) is 9.59 Å². The van der Waals surface area contributed by atoms with Gasteiger partial charge in [-0.15, -0.1) is 0 Å². The second-order valence-electron chi connectivity index (χ2n) is 6.33. The van der Waals surface area contributed by atoms with E-state index in [0.717, 1.165) is 10.9 Å². The number of aliphatic hydroxyl groups excluding tert-OH is 1. The molecule has 0 aliphatic carbocycles. The fourth-order valence-electron chi connectivity index (χ4n) is 1.89. The van der Waals surface area contributed by atoms with Crippen molar-refractivity contribution in [2.24, 2.45) is 5.41 Å². The second kappa shape index (κ2) is 6.19. The fraction of sp³-hybridized carbons (Fsp3) is 0.375. The number of benzene rings is 1. The Labute approximate surface area is 128 Å². The molecule has 6 heteroatoms. The maximum atomic E-state index is 11.8. The van der Waals surface area contributed by atoms with Gasteiger partial charge in [0.1, 0.15) is 0 Å². The van der Waals surface area contributed by atoms with Crippen LogP contribution < -0.4 is 10.6 Å². The Balaban J connectivity index is 1.92. The first kappa shape index (κ1) is 16.0. The fourth-order valence-corrected chi connectivity index (χ4v) is 1.89. The number of aromatic amines is 1. The molecule has 118 valence electrons. The molecule has 0 aliphatic heterocycles. The molecular weight excluding hydrogens is 282 g/mol. The Kier molecular flexibility index (Phi) is 4.51. The zero-order chi connectivity index (χ0) is 16.3. The Morgan fingerprint density at radius 2 is 1.95 bits per heavy atom. The third-order valence-electron chi connectivity index (χ3n) is 3.47. The van der Waals surface area contributed by atoms with Crippen LogP contribution >= 0.6 is 0 Å². The summed E-state index contributed by atoms with van der Waals surface area (Å²) in [6.07, 6.45) is 1.08. The van der Waals surface area contributed by atoms with Crippen molar-refractivity contribution in [1.29, 1.82) is 0 Å². The molecule has 2 rings (SSSR count). The molecule has 4 N–H and O–H groups in total. The highest BCUT2D eigenvalue weighted by Gasteiger charge is 2.23. The Hall–Kier alpha value is -2.34. The Bertz CT molecular complexity index is 685. The van der Waals surface area contributed by atoms with E-state index in [2.05, 4.69) is 15.6 Å². The lowest BCUT2D eigenvalue weighted by molar-refractivity contribution is -0.136. The van der Waals surface area contributed by atoms with Gasteiger partial charge in [-0.1, -0.05) is 20.8 Å². The highest BCUT2D eigenvalue weighted by Crippen LogP contribution is 2.19. The van der Waals surface area contributed by atoms with E-state index in [4.69, 9.17) is 0 Å². The first-order chi connectivity index (χ1) is 10.3. The SMILES string of the molecule is CC(C)(C)C(O)CNC(=O)C(=O)Nc1ccc2[nH]ccc2c1.